The van der Waals surface area contributed by atoms with Crippen molar-refractivity contribution in [2.24, 2.45) is 0 Å². The number of thioether (sulfide) groups is 1. The first-order valence-corrected chi connectivity index (χ1v) is 6.16. The fraction of sp³-hybridized carbons (Fsp3) is 0.300. The molecule has 2 rings (SSSR count). The minimum absolute atomic E-state index is 0.821. The Balaban J connectivity index is 1.85. The van der Waals surface area contributed by atoms with E-state index in [9.17, 15) is 0 Å². The van der Waals surface area contributed by atoms with Crippen molar-refractivity contribution in [1.29, 1.82) is 0 Å². The number of nitrogens with one attached hydrogen (secondary N) is 1. The smallest absolute Gasteiger partial charge is 0.130 e. The standard InChI is InChI=1S/C10H13N5S/c1-16-10-6-9(13-7-14-10)12-3-5-15-4-2-11-8-15/h2,4,6-8H,3,5H2,1H3,(H,12,13,14). The van der Waals surface area contributed by atoms with Gasteiger partial charge >= 0.3 is 0 Å². The molecule has 0 aromatic carbocycles. The molecule has 0 saturated heterocycles. The van der Waals surface area contributed by atoms with Crippen LogP contribution < -0.4 is 5.32 Å². The summed E-state index contributed by atoms with van der Waals surface area (Å²) in [5.41, 5.74) is 0. The van der Waals surface area contributed by atoms with Crippen LogP contribution in [0, 0.1) is 0 Å². The second kappa shape index (κ2) is 5.50. The topological polar surface area (TPSA) is 55.6 Å². The predicted octanol–water partition coefficient (Wildman–Crippen LogP) is 1.51. The van der Waals surface area contributed by atoms with Crippen molar-refractivity contribution in [3.8, 4) is 0 Å². The van der Waals surface area contributed by atoms with Crippen molar-refractivity contribution < 1.29 is 0 Å². The zero-order valence-electron chi connectivity index (χ0n) is 9.00. The summed E-state index contributed by atoms with van der Waals surface area (Å²) in [5, 5.41) is 4.22. The van der Waals surface area contributed by atoms with Crippen molar-refractivity contribution >= 4 is 17.6 Å². The van der Waals surface area contributed by atoms with Gasteiger partial charge < -0.3 is 9.88 Å². The van der Waals surface area contributed by atoms with Gasteiger partial charge in [0.1, 0.15) is 17.2 Å². The molecule has 0 saturated carbocycles. The molecule has 6 heteroatoms. The largest absolute Gasteiger partial charge is 0.368 e. The van der Waals surface area contributed by atoms with Crippen LogP contribution in [0.5, 0.6) is 0 Å². The minimum atomic E-state index is 0.821. The minimum Gasteiger partial charge on any atom is -0.368 e. The van der Waals surface area contributed by atoms with E-state index in [1.54, 1.807) is 30.6 Å². The predicted molar refractivity (Wildman–Crippen MR) is 64.5 cm³/mol. The number of anilines is 1. The Labute approximate surface area is 98.3 Å². The molecule has 0 aliphatic carbocycles. The zero-order chi connectivity index (χ0) is 11.2. The Morgan fingerprint density at radius 1 is 1.44 bits per heavy atom. The molecule has 0 radical (unpaired) electrons. The third kappa shape index (κ3) is 2.96. The third-order valence-corrected chi connectivity index (χ3v) is 2.73. The maximum atomic E-state index is 4.15. The van der Waals surface area contributed by atoms with Crippen LogP contribution in [0.15, 0.2) is 36.1 Å². The molecular formula is C10H13N5S. The van der Waals surface area contributed by atoms with Gasteiger partial charge in [0.25, 0.3) is 0 Å². The number of hydrogen-bond acceptors (Lipinski definition) is 5. The van der Waals surface area contributed by atoms with E-state index >= 15 is 0 Å². The molecule has 0 atom stereocenters. The molecule has 0 spiro atoms. The summed E-state index contributed by atoms with van der Waals surface area (Å²) in [6, 6.07) is 1.94. The van der Waals surface area contributed by atoms with Crippen LogP contribution in [0.1, 0.15) is 0 Å². The van der Waals surface area contributed by atoms with E-state index in [0.717, 1.165) is 23.9 Å². The van der Waals surface area contributed by atoms with Crippen LogP contribution >= 0.6 is 11.8 Å². The summed E-state index contributed by atoms with van der Waals surface area (Å²) in [5.74, 6) is 0.861. The molecule has 0 fully saturated rings. The Hall–Kier alpha value is -1.56. The molecule has 2 aromatic rings. The molecule has 0 bridgehead atoms. The molecule has 0 amide bonds. The number of imidazole rings is 1. The van der Waals surface area contributed by atoms with E-state index in [4.69, 9.17) is 0 Å². The fourth-order valence-corrected chi connectivity index (χ4v) is 1.66. The van der Waals surface area contributed by atoms with Gasteiger partial charge in [-0.1, -0.05) is 0 Å². The van der Waals surface area contributed by atoms with E-state index in [1.807, 2.05) is 23.1 Å². The van der Waals surface area contributed by atoms with E-state index in [0.29, 0.717) is 0 Å². The lowest BCUT2D eigenvalue weighted by Gasteiger charge is -2.06. The average Bonchev–Trinajstić information content (AvgIpc) is 2.82. The normalized spacial score (nSPS) is 10.3. The van der Waals surface area contributed by atoms with Crippen molar-refractivity contribution in [3.63, 3.8) is 0 Å². The highest BCUT2D eigenvalue weighted by Crippen LogP contribution is 2.13. The monoisotopic (exact) mass is 235 g/mol. The second-order valence-electron chi connectivity index (χ2n) is 3.17. The molecule has 84 valence electrons. The molecule has 2 aromatic heterocycles. The molecule has 2 heterocycles. The summed E-state index contributed by atoms with van der Waals surface area (Å²) in [4.78, 5) is 12.2. The van der Waals surface area contributed by atoms with Gasteiger partial charge in [0.2, 0.25) is 0 Å². The van der Waals surface area contributed by atoms with E-state index in [2.05, 4.69) is 20.3 Å². The van der Waals surface area contributed by atoms with Gasteiger partial charge in [-0.15, -0.1) is 11.8 Å². The Morgan fingerprint density at radius 2 is 2.38 bits per heavy atom. The zero-order valence-corrected chi connectivity index (χ0v) is 9.81. The molecule has 5 nitrogen and oxygen atoms in total. The van der Waals surface area contributed by atoms with Crippen molar-refractivity contribution in [2.45, 2.75) is 11.6 Å². The highest BCUT2D eigenvalue weighted by molar-refractivity contribution is 7.98. The molecular weight excluding hydrogens is 222 g/mol. The Kier molecular flexibility index (Phi) is 3.76. The summed E-state index contributed by atoms with van der Waals surface area (Å²) < 4.78 is 2.02. The van der Waals surface area contributed by atoms with Crippen molar-refractivity contribution in [3.05, 3.63) is 31.1 Å². The number of rotatable bonds is 5. The summed E-state index contributed by atoms with van der Waals surface area (Å²) in [6.45, 7) is 1.69. The average molecular weight is 235 g/mol. The van der Waals surface area contributed by atoms with Crippen LogP contribution in [0.25, 0.3) is 0 Å². The third-order valence-electron chi connectivity index (χ3n) is 2.09. The van der Waals surface area contributed by atoms with Gasteiger partial charge in [0.15, 0.2) is 0 Å². The lowest BCUT2D eigenvalue weighted by molar-refractivity contribution is 0.724. The first-order valence-electron chi connectivity index (χ1n) is 4.94. The van der Waals surface area contributed by atoms with Gasteiger partial charge in [-0.2, -0.15) is 0 Å². The number of hydrogen-bond donors (Lipinski definition) is 1. The van der Waals surface area contributed by atoms with Crippen LogP contribution in [0.2, 0.25) is 0 Å². The van der Waals surface area contributed by atoms with Gasteiger partial charge in [-0.25, -0.2) is 15.0 Å². The first-order chi connectivity index (χ1) is 7.88. The fourth-order valence-electron chi connectivity index (χ4n) is 1.28. The molecule has 0 aliphatic heterocycles. The number of aromatic nitrogens is 4. The van der Waals surface area contributed by atoms with E-state index in [1.165, 1.54) is 0 Å². The van der Waals surface area contributed by atoms with Gasteiger partial charge in [0, 0.05) is 31.5 Å². The lowest BCUT2D eigenvalue weighted by Crippen LogP contribution is -2.10. The Bertz CT molecular complexity index is 429. The van der Waals surface area contributed by atoms with E-state index < -0.39 is 0 Å². The highest BCUT2D eigenvalue weighted by Gasteiger charge is 1.96. The van der Waals surface area contributed by atoms with Crippen LogP contribution in [-0.4, -0.2) is 32.3 Å². The van der Waals surface area contributed by atoms with Crippen molar-refractivity contribution in [2.75, 3.05) is 18.1 Å². The lowest BCUT2D eigenvalue weighted by atomic mass is 10.5. The quantitative estimate of drug-likeness (QED) is 0.629. The molecule has 0 aliphatic rings. The summed E-state index contributed by atoms with van der Waals surface area (Å²) in [7, 11) is 0. The molecule has 0 unspecified atom stereocenters. The first kappa shape index (κ1) is 10.9. The van der Waals surface area contributed by atoms with Gasteiger partial charge in [-0.05, 0) is 6.26 Å². The van der Waals surface area contributed by atoms with Crippen LogP contribution in [0.3, 0.4) is 0 Å². The van der Waals surface area contributed by atoms with Gasteiger partial charge in [0.05, 0.1) is 6.33 Å². The maximum Gasteiger partial charge on any atom is 0.130 e. The summed E-state index contributed by atoms with van der Waals surface area (Å²) >= 11 is 1.61. The number of nitrogens with zero attached hydrogens (tertiary/aromatic N) is 4. The van der Waals surface area contributed by atoms with Crippen LogP contribution in [0.4, 0.5) is 5.82 Å². The molecule has 16 heavy (non-hydrogen) atoms. The molecule has 1 N–H and O–H groups in total. The van der Waals surface area contributed by atoms with Gasteiger partial charge in [-0.3, -0.25) is 0 Å². The SMILES string of the molecule is CSc1cc(NCCn2ccnc2)ncn1. The van der Waals surface area contributed by atoms with Crippen LogP contribution in [-0.2, 0) is 6.54 Å². The van der Waals surface area contributed by atoms with E-state index in [-0.39, 0.29) is 0 Å². The summed E-state index contributed by atoms with van der Waals surface area (Å²) in [6.07, 6.45) is 9.09. The second-order valence-corrected chi connectivity index (χ2v) is 4.00. The maximum absolute atomic E-state index is 4.15. The van der Waals surface area contributed by atoms with Crippen molar-refractivity contribution in [1.82, 2.24) is 19.5 Å². The highest BCUT2D eigenvalue weighted by atomic mass is 32.2. The Morgan fingerprint density at radius 3 is 3.12 bits per heavy atom.